The lowest BCUT2D eigenvalue weighted by molar-refractivity contribution is 0.482. The number of pyridine rings is 1. The van der Waals surface area contributed by atoms with E-state index in [1.165, 1.54) is 5.56 Å². The number of aryl methyl sites for hydroxylation is 1. The minimum Gasteiger partial charge on any atom is -0.457 e. The number of nitrogen functional groups attached to an aromatic ring is 1. The molecular weight excluding hydrogens is 214 g/mol. The quantitative estimate of drug-likeness (QED) is 0.625. The zero-order valence-electron chi connectivity index (χ0n) is 9.68. The number of ether oxygens (including phenoxy) is 1. The number of nitrogens with zero attached hydrogens (tertiary/aromatic N) is 1. The van der Waals surface area contributed by atoms with Crippen LogP contribution in [0.1, 0.15) is 12.5 Å². The van der Waals surface area contributed by atoms with E-state index in [1.807, 2.05) is 12.1 Å². The average Bonchev–Trinajstić information content (AvgIpc) is 2.40. The van der Waals surface area contributed by atoms with Gasteiger partial charge in [0.15, 0.2) is 0 Å². The number of hydrogen-bond donors (Lipinski definition) is 2. The molecule has 0 fully saturated rings. The molecule has 0 bridgehead atoms. The minimum atomic E-state index is 0.577. The van der Waals surface area contributed by atoms with Gasteiger partial charge >= 0.3 is 0 Å². The Balaban J connectivity index is 2.13. The Morgan fingerprint density at radius 3 is 2.59 bits per heavy atom. The molecule has 4 nitrogen and oxygen atoms in total. The molecule has 0 radical (unpaired) electrons. The van der Waals surface area contributed by atoms with Crippen LogP contribution in [-0.4, -0.2) is 4.98 Å². The first-order chi connectivity index (χ1) is 8.31. The topological polar surface area (TPSA) is 60.2 Å². The molecule has 0 aliphatic carbocycles. The zero-order chi connectivity index (χ0) is 12.1. The molecule has 1 aromatic carbocycles. The van der Waals surface area contributed by atoms with Gasteiger partial charge in [-0.3, -0.25) is 0 Å². The fourth-order valence-electron chi connectivity index (χ4n) is 1.48. The number of hydrazine groups is 1. The van der Waals surface area contributed by atoms with Gasteiger partial charge in [-0.2, -0.15) is 0 Å². The van der Waals surface area contributed by atoms with Crippen LogP contribution in [0, 0.1) is 0 Å². The molecule has 0 amide bonds. The van der Waals surface area contributed by atoms with Crippen LogP contribution in [0.4, 0.5) is 5.82 Å². The second-order valence-electron chi connectivity index (χ2n) is 3.62. The molecule has 88 valence electrons. The molecule has 0 saturated carbocycles. The number of rotatable bonds is 4. The molecule has 0 aliphatic heterocycles. The third-order valence-electron chi connectivity index (χ3n) is 2.45. The largest absolute Gasteiger partial charge is 0.457 e. The molecule has 0 atom stereocenters. The molecule has 0 unspecified atom stereocenters. The van der Waals surface area contributed by atoms with Crippen molar-refractivity contribution in [3.05, 3.63) is 48.2 Å². The first-order valence-electron chi connectivity index (χ1n) is 5.51. The molecule has 17 heavy (non-hydrogen) atoms. The highest BCUT2D eigenvalue weighted by atomic mass is 16.5. The van der Waals surface area contributed by atoms with Gasteiger partial charge < -0.3 is 10.2 Å². The van der Waals surface area contributed by atoms with E-state index in [0.29, 0.717) is 11.6 Å². The zero-order valence-corrected chi connectivity index (χ0v) is 9.68. The summed E-state index contributed by atoms with van der Waals surface area (Å²) in [6.45, 7) is 2.12. The fraction of sp³-hybridized carbons (Fsp3) is 0.154. The third kappa shape index (κ3) is 2.95. The molecule has 0 saturated heterocycles. The maximum atomic E-state index is 5.68. The number of hydrogen-bond acceptors (Lipinski definition) is 4. The lowest BCUT2D eigenvalue weighted by Crippen LogP contribution is -2.08. The normalized spacial score (nSPS) is 10.0. The highest BCUT2D eigenvalue weighted by Gasteiger charge is 1.99. The van der Waals surface area contributed by atoms with Gasteiger partial charge in [-0.15, -0.1) is 0 Å². The number of nitrogens with one attached hydrogen (secondary N) is 1. The van der Waals surface area contributed by atoms with Crippen LogP contribution in [0.15, 0.2) is 42.6 Å². The van der Waals surface area contributed by atoms with Crippen molar-refractivity contribution in [3.63, 3.8) is 0 Å². The summed E-state index contributed by atoms with van der Waals surface area (Å²) < 4.78 is 5.68. The van der Waals surface area contributed by atoms with Crippen molar-refractivity contribution in [2.24, 2.45) is 5.84 Å². The summed E-state index contributed by atoms with van der Waals surface area (Å²) in [5.41, 5.74) is 3.77. The SMILES string of the molecule is CCc1ccc(Oc2ccnc(NN)c2)cc1. The van der Waals surface area contributed by atoms with Crippen LogP contribution < -0.4 is 16.0 Å². The van der Waals surface area contributed by atoms with Crippen LogP contribution in [0.25, 0.3) is 0 Å². The standard InChI is InChI=1S/C13H15N3O/c1-2-10-3-5-11(6-4-10)17-12-7-8-15-13(9-12)16-14/h3-9H,2,14H2,1H3,(H,15,16). The maximum Gasteiger partial charge on any atom is 0.143 e. The highest BCUT2D eigenvalue weighted by molar-refractivity contribution is 5.41. The average molecular weight is 229 g/mol. The van der Waals surface area contributed by atoms with Gasteiger partial charge in [-0.25, -0.2) is 10.8 Å². The summed E-state index contributed by atoms with van der Waals surface area (Å²) in [6.07, 6.45) is 2.67. The maximum absolute atomic E-state index is 5.68. The third-order valence-corrected chi connectivity index (χ3v) is 2.45. The Bertz CT molecular complexity index is 482. The first kappa shape index (κ1) is 11.4. The smallest absolute Gasteiger partial charge is 0.143 e. The van der Waals surface area contributed by atoms with E-state index in [2.05, 4.69) is 29.5 Å². The summed E-state index contributed by atoms with van der Waals surface area (Å²) in [6, 6.07) is 11.5. The van der Waals surface area contributed by atoms with Crippen LogP contribution in [0.5, 0.6) is 11.5 Å². The van der Waals surface area contributed by atoms with E-state index in [4.69, 9.17) is 10.6 Å². The van der Waals surface area contributed by atoms with Crippen LogP contribution in [0.3, 0.4) is 0 Å². The van der Waals surface area contributed by atoms with Crippen LogP contribution >= 0.6 is 0 Å². The molecule has 2 aromatic rings. The van der Waals surface area contributed by atoms with Crippen LogP contribution in [0.2, 0.25) is 0 Å². The molecular formula is C13H15N3O. The van der Waals surface area contributed by atoms with Crippen molar-refractivity contribution in [1.82, 2.24) is 4.98 Å². The predicted molar refractivity (Wildman–Crippen MR) is 67.9 cm³/mol. The molecule has 4 heteroatoms. The Morgan fingerprint density at radius 1 is 1.18 bits per heavy atom. The summed E-state index contributed by atoms with van der Waals surface area (Å²) in [5.74, 6) is 7.37. The Hall–Kier alpha value is -2.07. The number of anilines is 1. The van der Waals surface area contributed by atoms with E-state index in [-0.39, 0.29) is 0 Å². The monoisotopic (exact) mass is 229 g/mol. The number of aromatic nitrogens is 1. The van der Waals surface area contributed by atoms with Gasteiger partial charge in [-0.1, -0.05) is 19.1 Å². The van der Waals surface area contributed by atoms with E-state index in [9.17, 15) is 0 Å². The van der Waals surface area contributed by atoms with Gasteiger partial charge in [0.1, 0.15) is 17.3 Å². The van der Waals surface area contributed by atoms with Gasteiger partial charge in [0.2, 0.25) is 0 Å². The second-order valence-corrected chi connectivity index (χ2v) is 3.62. The minimum absolute atomic E-state index is 0.577. The Labute approximate surface area is 100 Å². The summed E-state index contributed by atoms with van der Waals surface area (Å²) in [4.78, 5) is 4.01. The molecule has 1 aromatic heterocycles. The molecule has 1 heterocycles. The molecule has 3 N–H and O–H groups in total. The first-order valence-corrected chi connectivity index (χ1v) is 5.51. The van der Waals surface area contributed by atoms with Gasteiger partial charge in [-0.05, 0) is 30.2 Å². The Kier molecular flexibility index (Phi) is 3.57. The van der Waals surface area contributed by atoms with Crippen molar-refractivity contribution in [1.29, 1.82) is 0 Å². The number of benzene rings is 1. The number of nitrogens with two attached hydrogens (primary N) is 1. The van der Waals surface area contributed by atoms with E-state index < -0.39 is 0 Å². The van der Waals surface area contributed by atoms with Crippen molar-refractivity contribution in [3.8, 4) is 11.5 Å². The highest BCUT2D eigenvalue weighted by Crippen LogP contribution is 2.22. The van der Waals surface area contributed by atoms with E-state index in [0.717, 1.165) is 12.2 Å². The van der Waals surface area contributed by atoms with Crippen LogP contribution in [-0.2, 0) is 6.42 Å². The lowest BCUT2D eigenvalue weighted by Gasteiger charge is -2.07. The van der Waals surface area contributed by atoms with E-state index in [1.54, 1.807) is 18.3 Å². The van der Waals surface area contributed by atoms with Gasteiger partial charge in [0, 0.05) is 12.3 Å². The lowest BCUT2D eigenvalue weighted by atomic mass is 10.2. The molecule has 0 aliphatic rings. The van der Waals surface area contributed by atoms with Crippen molar-refractivity contribution >= 4 is 5.82 Å². The van der Waals surface area contributed by atoms with Crippen molar-refractivity contribution in [2.45, 2.75) is 13.3 Å². The Morgan fingerprint density at radius 2 is 1.94 bits per heavy atom. The second kappa shape index (κ2) is 5.32. The molecule has 0 spiro atoms. The van der Waals surface area contributed by atoms with Crippen molar-refractivity contribution in [2.75, 3.05) is 5.43 Å². The summed E-state index contributed by atoms with van der Waals surface area (Å²) >= 11 is 0. The van der Waals surface area contributed by atoms with Crippen molar-refractivity contribution < 1.29 is 4.74 Å². The van der Waals surface area contributed by atoms with E-state index >= 15 is 0 Å². The molecule has 2 rings (SSSR count). The van der Waals surface area contributed by atoms with Gasteiger partial charge in [0.25, 0.3) is 0 Å². The summed E-state index contributed by atoms with van der Waals surface area (Å²) in [5, 5.41) is 0. The van der Waals surface area contributed by atoms with Gasteiger partial charge in [0.05, 0.1) is 0 Å². The fourth-order valence-corrected chi connectivity index (χ4v) is 1.48. The predicted octanol–water partition coefficient (Wildman–Crippen LogP) is 2.72. The summed E-state index contributed by atoms with van der Waals surface area (Å²) in [7, 11) is 0.